The quantitative estimate of drug-likeness (QED) is 0.783. The van der Waals surface area contributed by atoms with Crippen LogP contribution in [0.15, 0.2) is 47.6 Å². The standard InChI is InChI=1S/C18H14F2N2OS/c1-11(23)22-18(9-8-12-4-2-3-5-15(12)18)24-17(21-22)14-10-13(19)6-7-16(14)20/h2-7,10H,8-9H2,1H3/t18-/m1/s1. The van der Waals surface area contributed by atoms with Crippen molar-refractivity contribution in [2.75, 3.05) is 0 Å². The molecule has 1 heterocycles. The van der Waals surface area contributed by atoms with E-state index in [4.69, 9.17) is 0 Å². The lowest BCUT2D eigenvalue weighted by atomic mass is 10.1. The first kappa shape index (κ1) is 15.3. The second kappa shape index (κ2) is 5.41. The van der Waals surface area contributed by atoms with E-state index in [2.05, 4.69) is 5.10 Å². The highest BCUT2D eigenvalue weighted by Gasteiger charge is 2.51. The summed E-state index contributed by atoms with van der Waals surface area (Å²) in [6, 6.07) is 11.2. The van der Waals surface area contributed by atoms with Crippen LogP contribution in [0.5, 0.6) is 0 Å². The van der Waals surface area contributed by atoms with Gasteiger partial charge in [0, 0.05) is 12.5 Å². The molecule has 0 unspecified atom stereocenters. The molecular formula is C18H14F2N2OS. The van der Waals surface area contributed by atoms with Gasteiger partial charge in [-0.3, -0.25) is 4.79 Å². The molecule has 0 radical (unpaired) electrons. The van der Waals surface area contributed by atoms with E-state index in [9.17, 15) is 13.6 Å². The molecule has 1 amide bonds. The van der Waals surface area contributed by atoms with Crippen LogP contribution in [0.3, 0.4) is 0 Å². The summed E-state index contributed by atoms with van der Waals surface area (Å²) in [5.41, 5.74) is 2.26. The van der Waals surface area contributed by atoms with E-state index < -0.39 is 16.5 Å². The number of amides is 1. The van der Waals surface area contributed by atoms with Crippen LogP contribution in [0.25, 0.3) is 0 Å². The van der Waals surface area contributed by atoms with Crippen LogP contribution in [0.4, 0.5) is 8.78 Å². The maximum atomic E-state index is 14.2. The van der Waals surface area contributed by atoms with Gasteiger partial charge in [0.25, 0.3) is 0 Å². The Kier molecular flexibility index (Phi) is 3.46. The van der Waals surface area contributed by atoms with Crippen molar-refractivity contribution in [1.82, 2.24) is 5.01 Å². The van der Waals surface area contributed by atoms with Gasteiger partial charge in [-0.05, 0) is 42.2 Å². The molecule has 4 rings (SSSR count). The van der Waals surface area contributed by atoms with Gasteiger partial charge in [-0.1, -0.05) is 36.0 Å². The number of hydrogen-bond donors (Lipinski definition) is 0. The Balaban J connectivity index is 1.83. The summed E-state index contributed by atoms with van der Waals surface area (Å²) >= 11 is 1.32. The molecule has 0 fully saturated rings. The Morgan fingerprint density at radius 2 is 2.04 bits per heavy atom. The summed E-state index contributed by atoms with van der Waals surface area (Å²) in [5.74, 6) is -1.29. The van der Waals surface area contributed by atoms with Gasteiger partial charge >= 0.3 is 0 Å². The Bertz CT molecular complexity index is 883. The number of halogens is 2. The normalized spacial score (nSPS) is 22.0. The number of carbonyl (C=O) groups is 1. The van der Waals surface area contributed by atoms with Crippen molar-refractivity contribution in [1.29, 1.82) is 0 Å². The fourth-order valence-corrected chi connectivity index (χ4v) is 4.85. The summed E-state index contributed by atoms with van der Waals surface area (Å²) in [4.78, 5) is 11.5. The molecule has 0 aromatic heterocycles. The molecule has 0 saturated carbocycles. The Morgan fingerprint density at radius 3 is 2.83 bits per heavy atom. The zero-order chi connectivity index (χ0) is 16.9. The second-order valence-corrected chi connectivity index (χ2v) is 7.17. The van der Waals surface area contributed by atoms with Gasteiger partial charge in [0.15, 0.2) is 0 Å². The fourth-order valence-electron chi connectivity index (χ4n) is 3.37. The van der Waals surface area contributed by atoms with Gasteiger partial charge < -0.3 is 0 Å². The smallest absolute Gasteiger partial charge is 0.241 e. The summed E-state index contributed by atoms with van der Waals surface area (Å²) in [6.45, 7) is 1.44. The van der Waals surface area contributed by atoms with Crippen molar-refractivity contribution in [2.24, 2.45) is 5.10 Å². The topological polar surface area (TPSA) is 32.7 Å². The number of nitrogens with zero attached hydrogens (tertiary/aromatic N) is 2. The zero-order valence-corrected chi connectivity index (χ0v) is 13.7. The van der Waals surface area contributed by atoms with Crippen LogP contribution < -0.4 is 0 Å². The van der Waals surface area contributed by atoms with Crippen LogP contribution in [-0.4, -0.2) is 16.0 Å². The van der Waals surface area contributed by atoms with E-state index in [-0.39, 0.29) is 11.5 Å². The number of hydrazone groups is 1. The third-order valence-electron chi connectivity index (χ3n) is 4.43. The first-order valence-corrected chi connectivity index (χ1v) is 8.45. The minimum Gasteiger partial charge on any atom is -0.273 e. The number of benzene rings is 2. The number of hydrogen-bond acceptors (Lipinski definition) is 3. The summed E-state index contributed by atoms with van der Waals surface area (Å²) in [7, 11) is 0. The Labute approximate surface area is 142 Å². The third kappa shape index (κ3) is 2.17. The molecule has 2 aromatic carbocycles. The Hall–Kier alpha value is -2.21. The molecular weight excluding hydrogens is 330 g/mol. The average molecular weight is 344 g/mol. The van der Waals surface area contributed by atoms with Gasteiger partial charge in [0.2, 0.25) is 5.91 Å². The molecule has 2 aromatic rings. The van der Waals surface area contributed by atoms with E-state index in [0.29, 0.717) is 11.5 Å². The van der Waals surface area contributed by atoms with Crippen LogP contribution in [0.2, 0.25) is 0 Å². The van der Waals surface area contributed by atoms with Crippen LogP contribution >= 0.6 is 11.8 Å². The Morgan fingerprint density at radius 1 is 1.25 bits per heavy atom. The van der Waals surface area contributed by atoms with Gasteiger partial charge in [-0.2, -0.15) is 5.10 Å². The third-order valence-corrected chi connectivity index (χ3v) is 5.86. The minimum atomic E-state index is -0.670. The summed E-state index contributed by atoms with van der Waals surface area (Å²) in [6.07, 6.45) is 1.52. The van der Waals surface area contributed by atoms with Crippen LogP contribution in [-0.2, 0) is 16.1 Å². The largest absolute Gasteiger partial charge is 0.273 e. The molecule has 1 spiro atoms. The van der Waals surface area contributed by atoms with E-state index in [1.54, 1.807) is 0 Å². The molecule has 1 atom stereocenters. The summed E-state index contributed by atoms with van der Waals surface area (Å²) < 4.78 is 27.7. The fraction of sp³-hybridized carbons (Fsp3) is 0.222. The average Bonchev–Trinajstić information content (AvgIpc) is 3.13. The van der Waals surface area contributed by atoms with Gasteiger partial charge in [0.1, 0.15) is 21.5 Å². The van der Waals surface area contributed by atoms with Crippen molar-refractivity contribution in [3.63, 3.8) is 0 Å². The number of rotatable bonds is 1. The highest BCUT2D eigenvalue weighted by Crippen LogP contribution is 2.54. The van der Waals surface area contributed by atoms with Crippen molar-refractivity contribution >= 4 is 22.7 Å². The van der Waals surface area contributed by atoms with E-state index in [1.807, 2.05) is 24.3 Å². The molecule has 24 heavy (non-hydrogen) atoms. The van der Waals surface area contributed by atoms with Crippen molar-refractivity contribution in [3.05, 3.63) is 70.8 Å². The lowest BCUT2D eigenvalue weighted by molar-refractivity contribution is -0.132. The van der Waals surface area contributed by atoms with E-state index in [1.165, 1.54) is 23.7 Å². The highest BCUT2D eigenvalue weighted by atomic mass is 32.2. The van der Waals surface area contributed by atoms with Crippen molar-refractivity contribution in [2.45, 2.75) is 24.6 Å². The van der Waals surface area contributed by atoms with E-state index >= 15 is 0 Å². The lowest BCUT2D eigenvalue weighted by Gasteiger charge is -2.31. The molecule has 122 valence electrons. The summed E-state index contributed by atoms with van der Waals surface area (Å²) in [5, 5.41) is 6.10. The predicted molar refractivity (Wildman–Crippen MR) is 89.4 cm³/mol. The molecule has 1 aliphatic carbocycles. The van der Waals surface area contributed by atoms with Crippen molar-refractivity contribution < 1.29 is 13.6 Å². The number of aryl methyl sites for hydroxylation is 1. The van der Waals surface area contributed by atoms with E-state index in [0.717, 1.165) is 35.7 Å². The van der Waals surface area contributed by atoms with Crippen molar-refractivity contribution in [3.8, 4) is 0 Å². The van der Waals surface area contributed by atoms with Gasteiger partial charge in [-0.25, -0.2) is 13.8 Å². The number of carbonyl (C=O) groups excluding carboxylic acids is 1. The van der Waals surface area contributed by atoms with Crippen LogP contribution in [0, 0.1) is 11.6 Å². The molecule has 2 aliphatic rings. The van der Waals surface area contributed by atoms with Gasteiger partial charge in [-0.15, -0.1) is 0 Å². The highest BCUT2D eigenvalue weighted by molar-refractivity contribution is 8.15. The zero-order valence-electron chi connectivity index (χ0n) is 12.9. The lowest BCUT2D eigenvalue weighted by Crippen LogP contribution is -2.38. The monoisotopic (exact) mass is 344 g/mol. The first-order chi connectivity index (χ1) is 11.5. The maximum Gasteiger partial charge on any atom is 0.241 e. The SMILES string of the molecule is CC(=O)N1N=C(c2cc(F)ccc2F)S[C@@]12CCc1ccccc12. The van der Waals surface area contributed by atoms with Gasteiger partial charge in [0.05, 0.1) is 0 Å². The molecule has 1 aliphatic heterocycles. The molecule has 0 saturated heterocycles. The first-order valence-electron chi connectivity index (χ1n) is 7.63. The molecule has 3 nitrogen and oxygen atoms in total. The molecule has 0 bridgehead atoms. The predicted octanol–water partition coefficient (Wildman–Crippen LogP) is 4.02. The molecule has 0 N–H and O–H groups in total. The second-order valence-electron chi connectivity index (χ2n) is 5.90. The minimum absolute atomic E-state index is 0.0903. The maximum absolute atomic E-state index is 14.2. The number of thioether (sulfide) groups is 1. The molecule has 6 heteroatoms. The number of fused-ring (bicyclic) bond motifs is 2. The van der Waals surface area contributed by atoms with Crippen LogP contribution in [0.1, 0.15) is 30.0 Å².